The van der Waals surface area contributed by atoms with E-state index < -0.39 is 0 Å². The van der Waals surface area contributed by atoms with E-state index in [1.807, 2.05) is 30.6 Å². The summed E-state index contributed by atoms with van der Waals surface area (Å²) in [5, 5.41) is 7.13. The second kappa shape index (κ2) is 10.4. The minimum atomic E-state index is 0.802. The van der Waals surface area contributed by atoms with Gasteiger partial charge in [0.15, 0.2) is 5.58 Å². The van der Waals surface area contributed by atoms with Crippen LogP contribution in [-0.2, 0) is 0 Å². The van der Waals surface area contributed by atoms with E-state index in [4.69, 9.17) is 9.40 Å². The fourth-order valence-electron chi connectivity index (χ4n) is 8.31. The zero-order valence-electron chi connectivity index (χ0n) is 27.6. The van der Waals surface area contributed by atoms with E-state index >= 15 is 0 Å². The molecule has 242 valence electrons. The SMILES string of the molecule is c1cnc2c(c1)oc1ccc(-n3c4ccccc4c4cc(-c5ccc6c(c5)c5ccccc5n6-c5ccc6sc7cccnc7c6c5)ccc43)cc12. The highest BCUT2D eigenvalue weighted by atomic mass is 32.1. The van der Waals surface area contributed by atoms with Crippen LogP contribution in [-0.4, -0.2) is 19.1 Å². The molecule has 0 spiro atoms. The van der Waals surface area contributed by atoms with Gasteiger partial charge < -0.3 is 13.6 Å². The van der Waals surface area contributed by atoms with Crippen molar-refractivity contribution in [2.45, 2.75) is 0 Å². The molecule has 0 aliphatic carbocycles. The summed E-state index contributed by atoms with van der Waals surface area (Å²) >= 11 is 1.80. The van der Waals surface area contributed by atoms with Crippen molar-refractivity contribution >= 4 is 97.3 Å². The maximum atomic E-state index is 6.10. The smallest absolute Gasteiger partial charge is 0.153 e. The highest BCUT2D eigenvalue weighted by Crippen LogP contribution is 2.40. The van der Waals surface area contributed by atoms with Crippen molar-refractivity contribution in [2.75, 3.05) is 0 Å². The first-order valence-corrected chi connectivity index (χ1v) is 18.2. The Morgan fingerprint density at radius 1 is 0.404 bits per heavy atom. The molecule has 0 fully saturated rings. The van der Waals surface area contributed by atoms with Gasteiger partial charge in [0, 0.05) is 60.8 Å². The lowest BCUT2D eigenvalue weighted by Gasteiger charge is -2.10. The van der Waals surface area contributed by atoms with Crippen molar-refractivity contribution < 1.29 is 4.42 Å². The Labute approximate surface area is 300 Å². The second-order valence-electron chi connectivity index (χ2n) is 13.4. The van der Waals surface area contributed by atoms with Crippen LogP contribution < -0.4 is 0 Å². The number of pyridine rings is 2. The summed E-state index contributed by atoms with van der Waals surface area (Å²) in [7, 11) is 0. The van der Waals surface area contributed by atoms with Gasteiger partial charge in [-0.05, 0) is 108 Å². The van der Waals surface area contributed by atoms with Crippen molar-refractivity contribution in [3.05, 3.63) is 158 Å². The van der Waals surface area contributed by atoms with E-state index in [2.05, 4.69) is 142 Å². The van der Waals surface area contributed by atoms with E-state index in [1.54, 1.807) is 11.3 Å². The molecule has 0 saturated heterocycles. The van der Waals surface area contributed by atoms with Gasteiger partial charge in [0.1, 0.15) is 11.1 Å². The molecule has 0 amide bonds. The minimum absolute atomic E-state index is 0.802. The summed E-state index contributed by atoms with van der Waals surface area (Å²) < 4.78 is 13.3. The summed E-state index contributed by atoms with van der Waals surface area (Å²) in [5.41, 5.74) is 12.9. The Bertz CT molecular complexity index is 3200. The van der Waals surface area contributed by atoms with E-state index in [0.29, 0.717) is 0 Å². The predicted octanol–water partition coefficient (Wildman–Crippen LogP) is 12.6. The standard InChI is InChI=1S/C46H26N4OS/c1-3-9-37-31(7-1)33-23-27(13-17-39(33)49(37)29-15-19-41-35(25-29)45-42(51-41)11-5-21-47-45)28-14-18-40-34(24-28)32-8-2-4-10-38(32)50(40)30-16-20-43-36(26-30)46-44(52-43)12-6-22-48-46/h1-26H. The Morgan fingerprint density at radius 3 is 1.71 bits per heavy atom. The molecular formula is C46H26N4OS. The zero-order valence-corrected chi connectivity index (χ0v) is 28.4. The molecule has 12 aromatic rings. The first-order valence-electron chi connectivity index (χ1n) is 17.4. The van der Waals surface area contributed by atoms with E-state index in [1.165, 1.54) is 64.0 Å². The molecule has 6 heterocycles. The van der Waals surface area contributed by atoms with Crippen LogP contribution in [0.2, 0.25) is 0 Å². The Hall–Kier alpha value is -6.76. The Balaban J connectivity index is 1.03. The minimum Gasteiger partial charge on any atom is -0.454 e. The molecule has 12 rings (SSSR count). The highest BCUT2D eigenvalue weighted by Gasteiger charge is 2.18. The summed E-state index contributed by atoms with van der Waals surface area (Å²) in [6.07, 6.45) is 3.71. The number of fused-ring (bicyclic) bond motifs is 12. The molecule has 0 saturated carbocycles. The van der Waals surface area contributed by atoms with Gasteiger partial charge in [0.2, 0.25) is 0 Å². The third kappa shape index (κ3) is 3.87. The third-order valence-electron chi connectivity index (χ3n) is 10.6. The molecule has 6 heteroatoms. The van der Waals surface area contributed by atoms with Crippen molar-refractivity contribution in [3.63, 3.8) is 0 Å². The molecule has 0 atom stereocenters. The van der Waals surface area contributed by atoms with Crippen molar-refractivity contribution in [3.8, 4) is 22.5 Å². The number of thiophene rings is 1. The summed E-state index contributed by atoms with van der Waals surface area (Å²) in [6.45, 7) is 0. The fourth-order valence-corrected chi connectivity index (χ4v) is 9.36. The van der Waals surface area contributed by atoms with Gasteiger partial charge in [-0.1, -0.05) is 48.5 Å². The van der Waals surface area contributed by atoms with Crippen LogP contribution in [0.1, 0.15) is 0 Å². The van der Waals surface area contributed by atoms with Crippen LogP contribution in [0.4, 0.5) is 0 Å². The van der Waals surface area contributed by atoms with Gasteiger partial charge >= 0.3 is 0 Å². The average Bonchev–Trinajstić information content (AvgIpc) is 3.94. The molecule has 0 radical (unpaired) electrons. The normalized spacial score (nSPS) is 12.2. The van der Waals surface area contributed by atoms with Crippen molar-refractivity contribution in [2.24, 2.45) is 0 Å². The van der Waals surface area contributed by atoms with E-state index in [9.17, 15) is 0 Å². The molecule has 52 heavy (non-hydrogen) atoms. The fraction of sp³-hybridized carbons (Fsp3) is 0. The number of para-hydroxylation sites is 2. The average molecular weight is 683 g/mol. The molecule has 0 aliphatic rings. The lowest BCUT2D eigenvalue weighted by Crippen LogP contribution is -1.94. The van der Waals surface area contributed by atoms with Gasteiger partial charge in [-0.2, -0.15) is 0 Å². The van der Waals surface area contributed by atoms with E-state index in [0.717, 1.165) is 44.5 Å². The van der Waals surface area contributed by atoms with Gasteiger partial charge in [0.25, 0.3) is 0 Å². The lowest BCUT2D eigenvalue weighted by atomic mass is 10.0. The molecule has 5 nitrogen and oxygen atoms in total. The van der Waals surface area contributed by atoms with Crippen molar-refractivity contribution in [1.82, 2.24) is 19.1 Å². The van der Waals surface area contributed by atoms with Crippen LogP contribution in [0.3, 0.4) is 0 Å². The number of nitrogens with zero attached hydrogens (tertiary/aromatic N) is 4. The molecular weight excluding hydrogens is 657 g/mol. The summed E-state index contributed by atoms with van der Waals surface area (Å²) in [4.78, 5) is 9.37. The van der Waals surface area contributed by atoms with Gasteiger partial charge in [-0.3, -0.25) is 9.97 Å². The molecule has 0 bridgehead atoms. The van der Waals surface area contributed by atoms with Crippen LogP contribution in [0, 0.1) is 0 Å². The Morgan fingerprint density at radius 2 is 1.00 bits per heavy atom. The number of furan rings is 1. The quantitative estimate of drug-likeness (QED) is 0.186. The number of hydrogen-bond donors (Lipinski definition) is 0. The summed E-state index contributed by atoms with van der Waals surface area (Å²) in [5.74, 6) is 0. The van der Waals surface area contributed by atoms with E-state index in [-0.39, 0.29) is 0 Å². The number of benzene rings is 6. The van der Waals surface area contributed by atoms with Gasteiger partial charge in [-0.15, -0.1) is 11.3 Å². The molecule has 6 aromatic heterocycles. The topological polar surface area (TPSA) is 48.8 Å². The monoisotopic (exact) mass is 682 g/mol. The first kappa shape index (κ1) is 28.0. The summed E-state index contributed by atoms with van der Waals surface area (Å²) in [6, 6.07) is 52.4. The Kier molecular flexibility index (Phi) is 5.59. The largest absolute Gasteiger partial charge is 0.454 e. The maximum absolute atomic E-state index is 6.10. The molecule has 6 aromatic carbocycles. The number of rotatable bonds is 3. The first-order chi connectivity index (χ1) is 25.8. The number of hydrogen-bond acceptors (Lipinski definition) is 4. The third-order valence-corrected chi connectivity index (χ3v) is 11.7. The van der Waals surface area contributed by atoms with Crippen molar-refractivity contribution in [1.29, 1.82) is 0 Å². The van der Waals surface area contributed by atoms with Crippen LogP contribution in [0.5, 0.6) is 0 Å². The zero-order chi connectivity index (χ0) is 33.9. The number of aromatic nitrogens is 4. The van der Waals surface area contributed by atoms with Crippen LogP contribution >= 0.6 is 11.3 Å². The van der Waals surface area contributed by atoms with Crippen LogP contribution in [0.15, 0.2) is 162 Å². The van der Waals surface area contributed by atoms with Gasteiger partial charge in [-0.25, -0.2) is 0 Å². The highest BCUT2D eigenvalue weighted by molar-refractivity contribution is 7.25. The molecule has 0 N–H and O–H groups in total. The maximum Gasteiger partial charge on any atom is 0.153 e. The lowest BCUT2D eigenvalue weighted by molar-refractivity contribution is 0.668. The van der Waals surface area contributed by atoms with Crippen LogP contribution in [0.25, 0.3) is 108 Å². The second-order valence-corrected chi connectivity index (χ2v) is 14.5. The van der Waals surface area contributed by atoms with Gasteiger partial charge in [0.05, 0.1) is 32.3 Å². The molecule has 0 unspecified atom stereocenters. The predicted molar refractivity (Wildman–Crippen MR) is 216 cm³/mol. The molecule has 0 aliphatic heterocycles.